The SMILES string of the molecule is CN(C(=O)Cc1ccc(F)cc1)[C@H]1CCc2ccccc21. The van der Waals surface area contributed by atoms with E-state index in [-0.39, 0.29) is 17.8 Å². The fraction of sp³-hybridized carbons (Fsp3) is 0.278. The third-order valence-electron chi connectivity index (χ3n) is 4.23. The molecule has 0 radical (unpaired) electrons. The van der Waals surface area contributed by atoms with Crippen LogP contribution in [0.3, 0.4) is 0 Å². The fourth-order valence-corrected chi connectivity index (χ4v) is 3.01. The lowest BCUT2D eigenvalue weighted by Crippen LogP contribution is -2.31. The molecule has 1 aliphatic carbocycles. The van der Waals surface area contributed by atoms with Crippen LogP contribution >= 0.6 is 0 Å². The average molecular weight is 283 g/mol. The average Bonchev–Trinajstić information content (AvgIpc) is 2.92. The molecule has 108 valence electrons. The number of amides is 1. The number of halogens is 1. The molecule has 2 aromatic carbocycles. The fourth-order valence-electron chi connectivity index (χ4n) is 3.01. The van der Waals surface area contributed by atoms with Crippen LogP contribution in [0.4, 0.5) is 4.39 Å². The summed E-state index contributed by atoms with van der Waals surface area (Å²) >= 11 is 0. The Balaban J connectivity index is 1.72. The Kier molecular flexibility index (Phi) is 3.74. The Bertz CT molecular complexity index is 651. The summed E-state index contributed by atoms with van der Waals surface area (Å²) in [5, 5.41) is 0. The molecule has 1 atom stereocenters. The topological polar surface area (TPSA) is 20.3 Å². The molecule has 0 unspecified atom stereocenters. The molecule has 2 nitrogen and oxygen atoms in total. The number of nitrogens with zero attached hydrogens (tertiary/aromatic N) is 1. The zero-order valence-corrected chi connectivity index (χ0v) is 12.1. The minimum atomic E-state index is -0.274. The Morgan fingerprint density at radius 2 is 1.90 bits per heavy atom. The lowest BCUT2D eigenvalue weighted by molar-refractivity contribution is -0.131. The number of rotatable bonds is 3. The van der Waals surface area contributed by atoms with E-state index in [9.17, 15) is 9.18 Å². The van der Waals surface area contributed by atoms with Crippen LogP contribution in [-0.2, 0) is 17.6 Å². The van der Waals surface area contributed by atoms with Crippen molar-refractivity contribution < 1.29 is 9.18 Å². The second kappa shape index (κ2) is 5.68. The van der Waals surface area contributed by atoms with Gasteiger partial charge in [0.25, 0.3) is 0 Å². The molecule has 21 heavy (non-hydrogen) atoms. The van der Waals surface area contributed by atoms with Crippen molar-refractivity contribution in [2.45, 2.75) is 25.3 Å². The molecule has 1 aliphatic rings. The highest BCUT2D eigenvalue weighted by Gasteiger charge is 2.28. The van der Waals surface area contributed by atoms with Gasteiger partial charge >= 0.3 is 0 Å². The van der Waals surface area contributed by atoms with Crippen molar-refractivity contribution in [3.63, 3.8) is 0 Å². The molecule has 0 spiro atoms. The summed E-state index contributed by atoms with van der Waals surface area (Å²) in [6.07, 6.45) is 2.31. The standard InChI is InChI=1S/C18H18FNO/c1-20(17-11-8-14-4-2-3-5-16(14)17)18(21)12-13-6-9-15(19)10-7-13/h2-7,9-10,17H,8,11-12H2,1H3/t17-/m0/s1. The summed E-state index contributed by atoms with van der Waals surface area (Å²) in [7, 11) is 1.86. The van der Waals surface area contributed by atoms with Crippen molar-refractivity contribution >= 4 is 5.91 Å². The van der Waals surface area contributed by atoms with E-state index >= 15 is 0 Å². The molecule has 0 bridgehead atoms. The third kappa shape index (κ3) is 2.82. The van der Waals surface area contributed by atoms with Gasteiger partial charge < -0.3 is 4.90 Å². The van der Waals surface area contributed by atoms with E-state index in [1.165, 1.54) is 23.3 Å². The van der Waals surface area contributed by atoms with Crippen molar-refractivity contribution in [3.8, 4) is 0 Å². The largest absolute Gasteiger partial charge is 0.338 e. The molecule has 0 aliphatic heterocycles. The van der Waals surface area contributed by atoms with Crippen LogP contribution in [-0.4, -0.2) is 17.9 Å². The summed E-state index contributed by atoms with van der Waals surface area (Å²) in [6.45, 7) is 0. The molecular formula is C18H18FNO. The minimum absolute atomic E-state index is 0.0725. The van der Waals surface area contributed by atoms with Crippen LogP contribution in [0.15, 0.2) is 48.5 Å². The van der Waals surface area contributed by atoms with Gasteiger partial charge in [-0.25, -0.2) is 4.39 Å². The molecule has 0 fully saturated rings. The van der Waals surface area contributed by atoms with Gasteiger partial charge in [0, 0.05) is 7.05 Å². The van der Waals surface area contributed by atoms with Gasteiger partial charge in [-0.3, -0.25) is 4.79 Å². The van der Waals surface area contributed by atoms with Gasteiger partial charge in [-0.15, -0.1) is 0 Å². The van der Waals surface area contributed by atoms with Crippen LogP contribution in [0.5, 0.6) is 0 Å². The van der Waals surface area contributed by atoms with Crippen molar-refractivity contribution in [2.75, 3.05) is 7.05 Å². The maximum Gasteiger partial charge on any atom is 0.227 e. The number of carbonyl (C=O) groups is 1. The minimum Gasteiger partial charge on any atom is -0.338 e. The van der Waals surface area contributed by atoms with E-state index in [0.29, 0.717) is 6.42 Å². The van der Waals surface area contributed by atoms with E-state index in [1.54, 1.807) is 12.1 Å². The smallest absolute Gasteiger partial charge is 0.227 e. The van der Waals surface area contributed by atoms with Gasteiger partial charge in [-0.05, 0) is 41.7 Å². The molecule has 0 N–H and O–H groups in total. The quantitative estimate of drug-likeness (QED) is 0.844. The van der Waals surface area contributed by atoms with Gasteiger partial charge in [0.2, 0.25) is 5.91 Å². The van der Waals surface area contributed by atoms with E-state index in [2.05, 4.69) is 12.1 Å². The maximum absolute atomic E-state index is 12.9. The highest BCUT2D eigenvalue weighted by atomic mass is 19.1. The van der Waals surface area contributed by atoms with Gasteiger partial charge in [0.05, 0.1) is 12.5 Å². The molecule has 3 heteroatoms. The molecule has 0 saturated carbocycles. The Morgan fingerprint density at radius 3 is 2.67 bits per heavy atom. The lowest BCUT2D eigenvalue weighted by Gasteiger charge is -2.25. The number of carbonyl (C=O) groups excluding carboxylic acids is 1. The zero-order valence-electron chi connectivity index (χ0n) is 12.1. The monoisotopic (exact) mass is 283 g/mol. The Labute approximate surface area is 124 Å². The van der Waals surface area contributed by atoms with Gasteiger partial charge in [-0.1, -0.05) is 36.4 Å². The predicted octanol–water partition coefficient (Wildman–Crippen LogP) is 3.51. The second-order valence-corrected chi connectivity index (χ2v) is 5.56. The van der Waals surface area contributed by atoms with Crippen LogP contribution in [0, 0.1) is 5.82 Å². The number of benzene rings is 2. The third-order valence-corrected chi connectivity index (χ3v) is 4.23. The van der Waals surface area contributed by atoms with Crippen molar-refractivity contribution in [2.24, 2.45) is 0 Å². The second-order valence-electron chi connectivity index (χ2n) is 5.56. The summed E-state index contributed by atoms with van der Waals surface area (Å²) in [6, 6.07) is 14.6. The molecule has 0 heterocycles. The normalized spacial score (nSPS) is 16.6. The Hall–Kier alpha value is -2.16. The van der Waals surface area contributed by atoms with Gasteiger partial charge in [0.15, 0.2) is 0 Å². The van der Waals surface area contributed by atoms with Crippen molar-refractivity contribution in [1.29, 1.82) is 0 Å². The van der Waals surface area contributed by atoms with Crippen LogP contribution in [0.2, 0.25) is 0 Å². The molecular weight excluding hydrogens is 265 g/mol. The van der Waals surface area contributed by atoms with Crippen LogP contribution in [0.25, 0.3) is 0 Å². The first-order chi connectivity index (χ1) is 10.1. The highest BCUT2D eigenvalue weighted by molar-refractivity contribution is 5.79. The molecule has 3 rings (SSSR count). The predicted molar refractivity (Wildman–Crippen MR) is 80.4 cm³/mol. The summed E-state index contributed by atoms with van der Waals surface area (Å²) in [5.74, 6) is -0.201. The number of hydrogen-bond donors (Lipinski definition) is 0. The molecule has 0 aromatic heterocycles. The number of aryl methyl sites for hydroxylation is 1. The van der Waals surface area contributed by atoms with Gasteiger partial charge in [0.1, 0.15) is 5.82 Å². The number of fused-ring (bicyclic) bond motifs is 1. The zero-order chi connectivity index (χ0) is 14.8. The van der Waals surface area contributed by atoms with Crippen molar-refractivity contribution in [1.82, 2.24) is 4.90 Å². The Morgan fingerprint density at radius 1 is 1.19 bits per heavy atom. The number of likely N-dealkylation sites (N-methyl/N-ethyl adjacent to an activating group) is 1. The van der Waals surface area contributed by atoms with E-state index in [0.717, 1.165) is 18.4 Å². The first-order valence-corrected chi connectivity index (χ1v) is 7.23. The summed E-state index contributed by atoms with van der Waals surface area (Å²) in [4.78, 5) is 14.3. The first kappa shape index (κ1) is 13.8. The maximum atomic E-state index is 12.9. The van der Waals surface area contributed by atoms with Gasteiger partial charge in [-0.2, -0.15) is 0 Å². The van der Waals surface area contributed by atoms with Crippen LogP contribution in [0.1, 0.15) is 29.2 Å². The first-order valence-electron chi connectivity index (χ1n) is 7.23. The van der Waals surface area contributed by atoms with Crippen molar-refractivity contribution in [3.05, 3.63) is 71.0 Å². The molecule has 0 saturated heterocycles. The number of hydrogen-bond acceptors (Lipinski definition) is 1. The van der Waals surface area contributed by atoms with E-state index in [4.69, 9.17) is 0 Å². The molecule has 2 aromatic rings. The lowest BCUT2D eigenvalue weighted by atomic mass is 10.1. The highest BCUT2D eigenvalue weighted by Crippen LogP contribution is 2.34. The van der Waals surface area contributed by atoms with E-state index in [1.807, 2.05) is 24.1 Å². The summed E-state index contributed by atoms with van der Waals surface area (Å²) < 4.78 is 12.9. The van der Waals surface area contributed by atoms with Crippen LogP contribution < -0.4 is 0 Å². The molecule has 1 amide bonds. The van der Waals surface area contributed by atoms with E-state index < -0.39 is 0 Å². The summed E-state index contributed by atoms with van der Waals surface area (Å²) in [5.41, 5.74) is 3.44.